The number of benzene rings is 1. The Hall–Kier alpha value is -1.35. The third-order valence-electron chi connectivity index (χ3n) is 4.25. The van der Waals surface area contributed by atoms with Crippen LogP contribution in [-0.4, -0.2) is 28.0 Å². The molecule has 3 nitrogen and oxygen atoms in total. The van der Waals surface area contributed by atoms with E-state index in [2.05, 4.69) is 0 Å². The van der Waals surface area contributed by atoms with E-state index in [-0.39, 0.29) is 5.91 Å². The highest BCUT2D eigenvalue weighted by Gasteiger charge is 2.65. The number of nitrogens with zero attached hydrogens (tertiary/aromatic N) is 1. The minimum atomic E-state index is -0.861. The number of rotatable bonds is 1. The molecule has 0 saturated carbocycles. The molecule has 2 heterocycles. The number of carbonyl (C=O) groups excluding carboxylic acids is 1. The van der Waals surface area contributed by atoms with Crippen LogP contribution in [0.5, 0.6) is 0 Å². The Morgan fingerprint density at radius 3 is 2.62 bits per heavy atom. The lowest BCUT2D eigenvalue weighted by molar-refractivity contribution is -0.203. The van der Waals surface area contributed by atoms with Crippen molar-refractivity contribution in [2.45, 2.75) is 30.9 Å². The number of hydrogen-bond acceptors (Lipinski definition) is 2. The molecule has 3 rings (SSSR count). The largest absolute Gasteiger partial charge is 0.381 e. The zero-order chi connectivity index (χ0) is 11.4. The highest BCUT2D eigenvalue weighted by molar-refractivity contribution is 5.82. The second-order valence-corrected chi connectivity index (χ2v) is 4.98. The van der Waals surface area contributed by atoms with E-state index in [1.165, 1.54) is 0 Å². The molecule has 1 aromatic rings. The minimum absolute atomic E-state index is 0.170. The van der Waals surface area contributed by atoms with Crippen molar-refractivity contribution < 1.29 is 9.90 Å². The Morgan fingerprint density at radius 2 is 2.00 bits per heavy atom. The molecule has 2 atom stereocenters. The second kappa shape index (κ2) is 2.86. The van der Waals surface area contributed by atoms with Crippen LogP contribution in [0.1, 0.15) is 25.3 Å². The highest BCUT2D eigenvalue weighted by atomic mass is 16.3. The van der Waals surface area contributed by atoms with Crippen molar-refractivity contribution in [1.29, 1.82) is 0 Å². The average molecular weight is 217 g/mol. The van der Waals surface area contributed by atoms with Gasteiger partial charge in [0.25, 0.3) is 0 Å². The van der Waals surface area contributed by atoms with E-state index in [4.69, 9.17) is 0 Å². The Bertz CT molecular complexity index is 445. The maximum Gasteiger partial charge on any atom is 0.223 e. The van der Waals surface area contributed by atoms with Gasteiger partial charge in [0.1, 0.15) is 5.60 Å². The van der Waals surface area contributed by atoms with E-state index in [9.17, 15) is 9.90 Å². The first kappa shape index (κ1) is 9.85. The standard InChI is InChI=1S/C13H15NO2/c1-12-8-7-11(15)14(12)9-13(12,16)10-5-3-2-4-6-10/h2-6,16H,7-9H2,1H3/t12-,13-/m0/s1. The van der Waals surface area contributed by atoms with Crippen LogP contribution >= 0.6 is 0 Å². The molecular formula is C13H15NO2. The molecule has 0 aromatic heterocycles. The van der Waals surface area contributed by atoms with E-state index in [1.54, 1.807) is 4.90 Å². The molecule has 2 aliphatic rings. The van der Waals surface area contributed by atoms with Gasteiger partial charge in [-0.25, -0.2) is 0 Å². The number of amides is 1. The second-order valence-electron chi connectivity index (χ2n) is 4.98. The van der Waals surface area contributed by atoms with Gasteiger partial charge in [0, 0.05) is 6.42 Å². The fourth-order valence-electron chi connectivity index (χ4n) is 3.01. The molecule has 0 spiro atoms. The summed E-state index contributed by atoms with van der Waals surface area (Å²) in [5, 5.41) is 10.7. The zero-order valence-electron chi connectivity index (χ0n) is 9.31. The van der Waals surface area contributed by atoms with Crippen molar-refractivity contribution in [3.8, 4) is 0 Å². The summed E-state index contributed by atoms with van der Waals surface area (Å²) in [6.45, 7) is 2.42. The summed E-state index contributed by atoms with van der Waals surface area (Å²) in [4.78, 5) is 13.4. The molecule has 0 aliphatic carbocycles. The van der Waals surface area contributed by atoms with Crippen LogP contribution in [0.4, 0.5) is 0 Å². The molecule has 0 bridgehead atoms. The van der Waals surface area contributed by atoms with Gasteiger partial charge >= 0.3 is 0 Å². The van der Waals surface area contributed by atoms with Gasteiger partial charge < -0.3 is 10.0 Å². The SMILES string of the molecule is C[C@@]12CCC(=O)N1C[C@]2(O)c1ccccc1. The maximum absolute atomic E-state index is 11.6. The van der Waals surface area contributed by atoms with Crippen LogP contribution in [0.25, 0.3) is 0 Å². The summed E-state index contributed by atoms with van der Waals surface area (Å²) >= 11 is 0. The lowest BCUT2D eigenvalue weighted by Gasteiger charge is -2.59. The van der Waals surface area contributed by atoms with E-state index in [0.717, 1.165) is 12.0 Å². The third-order valence-corrected chi connectivity index (χ3v) is 4.25. The summed E-state index contributed by atoms with van der Waals surface area (Å²) in [6.07, 6.45) is 1.31. The molecule has 2 fully saturated rings. The first-order valence-electron chi connectivity index (χ1n) is 5.66. The van der Waals surface area contributed by atoms with Crippen LogP contribution in [-0.2, 0) is 10.4 Å². The van der Waals surface area contributed by atoms with Crippen molar-refractivity contribution in [1.82, 2.24) is 4.90 Å². The predicted molar refractivity (Wildman–Crippen MR) is 59.7 cm³/mol. The molecule has 1 N–H and O–H groups in total. The minimum Gasteiger partial charge on any atom is -0.381 e. The summed E-state index contributed by atoms with van der Waals surface area (Å²) in [5.41, 5.74) is -0.338. The quantitative estimate of drug-likeness (QED) is 0.769. The lowest BCUT2D eigenvalue weighted by atomic mass is 9.67. The molecule has 1 aromatic carbocycles. The van der Waals surface area contributed by atoms with Crippen LogP contribution in [0.3, 0.4) is 0 Å². The topological polar surface area (TPSA) is 40.5 Å². The summed E-state index contributed by atoms with van der Waals surface area (Å²) in [7, 11) is 0. The van der Waals surface area contributed by atoms with Crippen LogP contribution < -0.4 is 0 Å². The van der Waals surface area contributed by atoms with Gasteiger partial charge in [0.05, 0.1) is 12.1 Å². The Morgan fingerprint density at radius 1 is 1.31 bits per heavy atom. The Labute approximate surface area is 94.7 Å². The normalized spacial score (nSPS) is 37.1. The third kappa shape index (κ3) is 0.944. The van der Waals surface area contributed by atoms with Gasteiger partial charge in [0.15, 0.2) is 0 Å². The predicted octanol–water partition coefficient (Wildman–Crippen LogP) is 1.27. The van der Waals surface area contributed by atoms with Gasteiger partial charge in [-0.1, -0.05) is 30.3 Å². The average Bonchev–Trinajstić information content (AvgIpc) is 2.55. The van der Waals surface area contributed by atoms with Gasteiger partial charge in [-0.15, -0.1) is 0 Å². The fraction of sp³-hybridized carbons (Fsp3) is 0.462. The zero-order valence-corrected chi connectivity index (χ0v) is 9.31. The van der Waals surface area contributed by atoms with E-state index in [0.29, 0.717) is 13.0 Å². The molecular weight excluding hydrogens is 202 g/mol. The fourth-order valence-corrected chi connectivity index (χ4v) is 3.01. The first-order valence-corrected chi connectivity index (χ1v) is 5.66. The molecule has 2 aliphatic heterocycles. The van der Waals surface area contributed by atoms with Crippen molar-refractivity contribution in [3.63, 3.8) is 0 Å². The summed E-state index contributed by atoms with van der Waals surface area (Å²) in [5.74, 6) is 0.170. The van der Waals surface area contributed by atoms with Gasteiger partial charge in [-0.3, -0.25) is 4.79 Å². The van der Waals surface area contributed by atoms with Crippen LogP contribution in [0.15, 0.2) is 30.3 Å². The summed E-state index contributed by atoms with van der Waals surface area (Å²) < 4.78 is 0. The Balaban J connectivity index is 2.01. The monoisotopic (exact) mass is 217 g/mol. The van der Waals surface area contributed by atoms with Gasteiger partial charge in [-0.2, -0.15) is 0 Å². The van der Waals surface area contributed by atoms with Gasteiger partial charge in [-0.05, 0) is 18.9 Å². The van der Waals surface area contributed by atoms with Crippen molar-refractivity contribution in [3.05, 3.63) is 35.9 Å². The number of fused-ring (bicyclic) bond motifs is 1. The van der Waals surface area contributed by atoms with E-state index < -0.39 is 11.1 Å². The molecule has 84 valence electrons. The van der Waals surface area contributed by atoms with Crippen LogP contribution in [0.2, 0.25) is 0 Å². The van der Waals surface area contributed by atoms with Gasteiger partial charge in [0.2, 0.25) is 5.91 Å². The maximum atomic E-state index is 11.6. The Kier molecular flexibility index (Phi) is 1.76. The highest BCUT2D eigenvalue weighted by Crippen LogP contribution is 2.53. The molecule has 2 saturated heterocycles. The van der Waals surface area contributed by atoms with Crippen molar-refractivity contribution >= 4 is 5.91 Å². The number of hydrogen-bond donors (Lipinski definition) is 1. The smallest absolute Gasteiger partial charge is 0.223 e. The molecule has 0 unspecified atom stereocenters. The molecule has 3 heteroatoms. The van der Waals surface area contributed by atoms with Crippen LogP contribution in [0, 0.1) is 0 Å². The van der Waals surface area contributed by atoms with Crippen molar-refractivity contribution in [2.24, 2.45) is 0 Å². The number of carbonyl (C=O) groups is 1. The summed E-state index contributed by atoms with van der Waals surface area (Å²) in [6, 6.07) is 9.66. The first-order chi connectivity index (χ1) is 7.58. The van der Waals surface area contributed by atoms with Crippen molar-refractivity contribution in [2.75, 3.05) is 6.54 Å². The number of aliphatic hydroxyl groups is 1. The van der Waals surface area contributed by atoms with E-state index >= 15 is 0 Å². The molecule has 16 heavy (non-hydrogen) atoms. The lowest BCUT2D eigenvalue weighted by Crippen LogP contribution is -2.73. The molecule has 1 amide bonds. The van der Waals surface area contributed by atoms with E-state index in [1.807, 2.05) is 37.3 Å². The molecule has 0 radical (unpaired) electrons.